The third-order valence-electron chi connectivity index (χ3n) is 1.34. The number of carboxylic acids is 1. The second-order valence-electron chi connectivity index (χ2n) is 2.08. The minimum atomic E-state index is -1.06. The molecule has 0 aromatic heterocycles. The number of carbonyl (C=O) groups is 1. The third-order valence-corrected chi connectivity index (χ3v) is 2.55. The summed E-state index contributed by atoms with van der Waals surface area (Å²) in [5, 5.41) is 17.0. The molecule has 0 fully saturated rings. The first-order valence-electron chi connectivity index (χ1n) is 2.92. The van der Waals surface area contributed by atoms with Crippen LogP contribution in [-0.2, 0) is 4.79 Å². The van der Waals surface area contributed by atoms with Crippen molar-refractivity contribution in [2.24, 2.45) is 5.73 Å². The molecule has 0 aliphatic carbocycles. The van der Waals surface area contributed by atoms with E-state index in [1.807, 2.05) is 0 Å². The van der Waals surface area contributed by atoms with E-state index < -0.39 is 12.0 Å². The maximum atomic E-state index is 10.4. The second kappa shape index (κ2) is 2.95. The Morgan fingerprint density at radius 3 is 2.91 bits per heavy atom. The predicted molar refractivity (Wildman–Crippen MR) is 40.7 cm³/mol. The standard InChI is InChI=1S/C6H6N2O2S/c7-1-3-4(8)2-11-5(3)6(9)10/h4H,2,8H2,(H,9,10). The van der Waals surface area contributed by atoms with E-state index >= 15 is 0 Å². The number of rotatable bonds is 1. The lowest BCUT2D eigenvalue weighted by atomic mass is 10.1. The van der Waals surface area contributed by atoms with Crippen LogP contribution >= 0.6 is 11.8 Å². The van der Waals surface area contributed by atoms with Gasteiger partial charge in [-0.25, -0.2) is 4.79 Å². The normalized spacial score (nSPS) is 23.5. The van der Waals surface area contributed by atoms with Crippen LogP contribution in [0.15, 0.2) is 10.5 Å². The Morgan fingerprint density at radius 1 is 1.91 bits per heavy atom. The van der Waals surface area contributed by atoms with Gasteiger partial charge in [0, 0.05) is 5.75 Å². The fourth-order valence-corrected chi connectivity index (χ4v) is 1.80. The molecule has 58 valence electrons. The molecule has 0 amide bonds. The summed E-state index contributed by atoms with van der Waals surface area (Å²) >= 11 is 1.12. The number of thioether (sulfide) groups is 1. The Bertz CT molecular complexity index is 266. The minimum Gasteiger partial charge on any atom is -0.477 e. The SMILES string of the molecule is N#CC1=C(C(=O)O)SCC1N. The Kier molecular flexibility index (Phi) is 2.17. The van der Waals surface area contributed by atoms with Gasteiger partial charge in [0.05, 0.1) is 17.7 Å². The van der Waals surface area contributed by atoms with Crippen LogP contribution in [0.25, 0.3) is 0 Å². The average molecular weight is 170 g/mol. The Morgan fingerprint density at radius 2 is 2.55 bits per heavy atom. The van der Waals surface area contributed by atoms with E-state index in [1.165, 1.54) is 0 Å². The fourth-order valence-electron chi connectivity index (χ4n) is 0.813. The highest BCUT2D eigenvalue weighted by atomic mass is 32.2. The lowest BCUT2D eigenvalue weighted by molar-refractivity contribution is -0.131. The van der Waals surface area contributed by atoms with Gasteiger partial charge in [-0.3, -0.25) is 0 Å². The van der Waals surface area contributed by atoms with Crippen molar-refractivity contribution in [3.05, 3.63) is 10.5 Å². The molecule has 1 aliphatic rings. The van der Waals surface area contributed by atoms with E-state index in [0.29, 0.717) is 5.75 Å². The van der Waals surface area contributed by atoms with Crippen LogP contribution in [-0.4, -0.2) is 22.9 Å². The van der Waals surface area contributed by atoms with Crippen molar-refractivity contribution in [1.29, 1.82) is 5.26 Å². The van der Waals surface area contributed by atoms with Gasteiger partial charge in [0.25, 0.3) is 0 Å². The molecule has 1 heterocycles. The van der Waals surface area contributed by atoms with Crippen molar-refractivity contribution in [2.45, 2.75) is 6.04 Å². The van der Waals surface area contributed by atoms with Crippen molar-refractivity contribution >= 4 is 17.7 Å². The number of nitrogens with two attached hydrogens (primary N) is 1. The van der Waals surface area contributed by atoms with E-state index in [9.17, 15) is 4.79 Å². The molecule has 0 saturated heterocycles. The first-order valence-corrected chi connectivity index (χ1v) is 3.91. The van der Waals surface area contributed by atoms with E-state index in [2.05, 4.69) is 0 Å². The molecule has 0 bridgehead atoms. The van der Waals surface area contributed by atoms with Crippen LogP contribution in [0.2, 0.25) is 0 Å². The number of hydrogen-bond donors (Lipinski definition) is 2. The topological polar surface area (TPSA) is 87.1 Å². The van der Waals surface area contributed by atoms with Gasteiger partial charge in [0.15, 0.2) is 0 Å². The molecule has 1 rings (SSSR count). The molecule has 0 saturated carbocycles. The van der Waals surface area contributed by atoms with Gasteiger partial charge >= 0.3 is 5.97 Å². The van der Waals surface area contributed by atoms with Crippen LogP contribution in [0.1, 0.15) is 0 Å². The number of aliphatic carboxylic acids is 1. The molecule has 1 aliphatic heterocycles. The number of carboxylic acid groups (broad SMARTS) is 1. The molecule has 0 radical (unpaired) electrons. The number of nitriles is 1. The first-order chi connectivity index (χ1) is 5.16. The third kappa shape index (κ3) is 1.37. The zero-order valence-electron chi connectivity index (χ0n) is 5.57. The average Bonchev–Trinajstić information content (AvgIpc) is 2.30. The van der Waals surface area contributed by atoms with E-state index in [-0.39, 0.29) is 10.5 Å². The number of hydrogen-bond acceptors (Lipinski definition) is 4. The van der Waals surface area contributed by atoms with Gasteiger partial charge in [-0.15, -0.1) is 11.8 Å². The van der Waals surface area contributed by atoms with Crippen LogP contribution in [0, 0.1) is 11.3 Å². The van der Waals surface area contributed by atoms with Gasteiger partial charge in [-0.1, -0.05) is 0 Å². The second-order valence-corrected chi connectivity index (χ2v) is 3.11. The predicted octanol–water partition coefficient (Wildman–Crippen LogP) is -0.0772. The summed E-state index contributed by atoms with van der Waals surface area (Å²) in [4.78, 5) is 10.5. The first kappa shape index (κ1) is 8.11. The highest BCUT2D eigenvalue weighted by Crippen LogP contribution is 2.30. The molecule has 4 nitrogen and oxygen atoms in total. The summed E-state index contributed by atoms with van der Waals surface area (Å²) in [6.07, 6.45) is 0. The Hall–Kier alpha value is -0.990. The minimum absolute atomic E-state index is 0.0972. The number of nitrogens with zero attached hydrogens (tertiary/aromatic N) is 1. The summed E-state index contributed by atoms with van der Waals surface area (Å²) in [6, 6.07) is 1.39. The Balaban J connectivity index is 3.00. The highest BCUT2D eigenvalue weighted by Gasteiger charge is 2.27. The maximum absolute atomic E-state index is 10.4. The monoisotopic (exact) mass is 170 g/mol. The molecule has 1 atom stereocenters. The molecular weight excluding hydrogens is 164 g/mol. The molecule has 0 aromatic carbocycles. The van der Waals surface area contributed by atoms with Crippen molar-refractivity contribution < 1.29 is 9.90 Å². The smallest absolute Gasteiger partial charge is 0.343 e. The molecular formula is C6H6N2O2S. The molecule has 5 heteroatoms. The van der Waals surface area contributed by atoms with Gasteiger partial charge in [-0.05, 0) is 0 Å². The summed E-state index contributed by atoms with van der Waals surface area (Å²) in [5.74, 6) is -0.565. The van der Waals surface area contributed by atoms with E-state index in [1.54, 1.807) is 6.07 Å². The Labute approximate surface area is 67.7 Å². The van der Waals surface area contributed by atoms with Crippen molar-refractivity contribution in [3.63, 3.8) is 0 Å². The van der Waals surface area contributed by atoms with Crippen molar-refractivity contribution in [3.8, 4) is 6.07 Å². The van der Waals surface area contributed by atoms with Crippen molar-refractivity contribution in [1.82, 2.24) is 0 Å². The summed E-state index contributed by atoms with van der Waals surface area (Å²) < 4.78 is 0. The van der Waals surface area contributed by atoms with Gasteiger partial charge in [-0.2, -0.15) is 5.26 Å². The van der Waals surface area contributed by atoms with Gasteiger partial charge in [0.1, 0.15) is 4.91 Å². The largest absolute Gasteiger partial charge is 0.477 e. The van der Waals surface area contributed by atoms with Gasteiger partial charge in [0.2, 0.25) is 0 Å². The summed E-state index contributed by atoms with van der Waals surface area (Å²) in [5.41, 5.74) is 5.65. The molecule has 0 aromatic rings. The molecule has 0 spiro atoms. The van der Waals surface area contributed by atoms with Crippen LogP contribution in [0.3, 0.4) is 0 Å². The van der Waals surface area contributed by atoms with Crippen LogP contribution in [0.5, 0.6) is 0 Å². The molecule has 1 unspecified atom stereocenters. The van der Waals surface area contributed by atoms with Crippen LogP contribution in [0.4, 0.5) is 0 Å². The summed E-state index contributed by atoms with van der Waals surface area (Å²) in [6.45, 7) is 0. The lowest BCUT2D eigenvalue weighted by Crippen LogP contribution is -2.21. The van der Waals surface area contributed by atoms with E-state index in [4.69, 9.17) is 16.1 Å². The van der Waals surface area contributed by atoms with Crippen molar-refractivity contribution in [2.75, 3.05) is 5.75 Å². The summed E-state index contributed by atoms with van der Waals surface area (Å²) in [7, 11) is 0. The fraction of sp³-hybridized carbons (Fsp3) is 0.333. The molecule has 3 N–H and O–H groups in total. The van der Waals surface area contributed by atoms with E-state index in [0.717, 1.165) is 11.8 Å². The maximum Gasteiger partial charge on any atom is 0.343 e. The molecule has 11 heavy (non-hydrogen) atoms. The van der Waals surface area contributed by atoms with Gasteiger partial charge < -0.3 is 10.8 Å². The van der Waals surface area contributed by atoms with Crippen LogP contribution < -0.4 is 5.73 Å². The zero-order chi connectivity index (χ0) is 8.43. The lowest BCUT2D eigenvalue weighted by Gasteiger charge is -1.96. The quantitative estimate of drug-likeness (QED) is 0.574. The highest BCUT2D eigenvalue weighted by molar-refractivity contribution is 8.04. The zero-order valence-corrected chi connectivity index (χ0v) is 6.39.